The van der Waals surface area contributed by atoms with Crippen LogP contribution in [0, 0.1) is 6.92 Å². The number of hydrogen-bond acceptors (Lipinski definition) is 5. The number of fused-ring (bicyclic) bond motifs is 1. The molecule has 5 nitrogen and oxygen atoms in total. The lowest BCUT2D eigenvalue weighted by Crippen LogP contribution is -2.58. The van der Waals surface area contributed by atoms with Crippen LogP contribution in [-0.2, 0) is 69.4 Å². The Morgan fingerprint density at radius 3 is 1.56 bits per heavy atom. The second-order valence-electron chi connectivity index (χ2n) is 14.8. The fraction of sp³-hybridized carbons (Fsp3) is 0.280. The van der Waals surface area contributed by atoms with E-state index in [1.165, 1.54) is 40.7 Å². The zero-order chi connectivity index (χ0) is 37.2. The monoisotopic (exact) mass is 730 g/mol. The summed E-state index contributed by atoms with van der Waals surface area (Å²) in [4.78, 5) is 0. The molecular weight excluding hydrogens is 681 g/mol. The lowest BCUT2D eigenvalue weighted by atomic mass is 9.85. The molecule has 0 bridgehead atoms. The third-order valence-electron chi connectivity index (χ3n) is 10.9. The predicted octanol–water partition coefficient (Wildman–Crippen LogP) is 10.1. The lowest BCUT2D eigenvalue weighted by molar-refractivity contribution is -0.275. The number of rotatable bonds is 16. The van der Waals surface area contributed by atoms with Gasteiger partial charge in [0.05, 0.1) is 33.0 Å². The normalized spacial score (nSPS) is 20.4. The maximum Gasteiger partial charge on any atom is 0.117 e. The zero-order valence-electron chi connectivity index (χ0n) is 31.6. The largest absolute Gasteiger partial charge is 0.374 e. The Hall–Kier alpha value is -4.88. The van der Waals surface area contributed by atoms with Crippen molar-refractivity contribution in [1.82, 2.24) is 0 Å². The van der Waals surface area contributed by atoms with Gasteiger partial charge in [0.2, 0.25) is 0 Å². The van der Waals surface area contributed by atoms with Crippen molar-refractivity contribution in [3.63, 3.8) is 0 Å². The van der Waals surface area contributed by atoms with Crippen molar-refractivity contribution in [2.75, 3.05) is 6.61 Å². The van der Waals surface area contributed by atoms with Gasteiger partial charge in [-0.1, -0.05) is 158 Å². The van der Waals surface area contributed by atoms with Gasteiger partial charge >= 0.3 is 0 Å². The van der Waals surface area contributed by atoms with Gasteiger partial charge in [0.25, 0.3) is 0 Å². The van der Waals surface area contributed by atoms with E-state index in [2.05, 4.69) is 91.9 Å². The van der Waals surface area contributed by atoms with Crippen LogP contribution in [-0.4, -0.2) is 31.0 Å². The highest BCUT2D eigenvalue weighted by atomic mass is 16.6. The van der Waals surface area contributed by atoms with Crippen LogP contribution in [0.15, 0.2) is 158 Å². The van der Waals surface area contributed by atoms with Gasteiger partial charge in [0, 0.05) is 0 Å². The standard InChI is InChI=1S/C50H50O5/c1-36-22-24-44(30-45(36)29-41-23-25-42-26-27-43(42)28-41)47-49(53-33-39-18-10-4-11-19-39)50(54-34-40-20-12-5-13-21-40)48(52-32-38-16-8-3-9-17-38)46(55-47)35-51-31-37-14-6-2-7-15-37/h2-25,28,30,46-50H,26-27,29,31-35H2,1H3/t46-,47+,48-,49+,50+/m1/s1. The van der Waals surface area contributed by atoms with Crippen molar-refractivity contribution in [2.45, 2.75) is 83.1 Å². The Balaban J connectivity index is 1.15. The molecule has 0 amide bonds. The number of hydrogen-bond donors (Lipinski definition) is 0. The Bertz CT molecular complexity index is 2090. The van der Waals surface area contributed by atoms with Crippen molar-refractivity contribution >= 4 is 0 Å². The molecule has 0 radical (unpaired) electrons. The highest BCUT2D eigenvalue weighted by Gasteiger charge is 2.49. The molecule has 8 rings (SSSR count). The molecular formula is C50H50O5. The predicted molar refractivity (Wildman–Crippen MR) is 217 cm³/mol. The lowest BCUT2D eigenvalue weighted by Gasteiger charge is -2.46. The van der Waals surface area contributed by atoms with Crippen LogP contribution in [0.3, 0.4) is 0 Å². The SMILES string of the molecule is Cc1ccc([C@@H]2O[C@H](COCc3ccccc3)[C@@H](OCc3ccccc3)[C@H](OCc3ccccc3)[C@H]2OCc2ccccc2)cc1Cc1ccc2c(c1)CC2. The van der Waals surface area contributed by atoms with E-state index in [0.717, 1.165) is 34.2 Å². The molecule has 1 heterocycles. The maximum atomic E-state index is 7.23. The van der Waals surface area contributed by atoms with E-state index in [9.17, 15) is 0 Å². The molecule has 0 unspecified atom stereocenters. The van der Waals surface area contributed by atoms with E-state index >= 15 is 0 Å². The first kappa shape index (κ1) is 37.1. The molecule has 5 atom stereocenters. The van der Waals surface area contributed by atoms with Gasteiger partial charge in [-0.15, -0.1) is 0 Å². The van der Waals surface area contributed by atoms with E-state index in [1.54, 1.807) is 0 Å². The smallest absolute Gasteiger partial charge is 0.117 e. The number of aryl methyl sites for hydroxylation is 3. The Morgan fingerprint density at radius 2 is 1.02 bits per heavy atom. The molecule has 2 aliphatic rings. The van der Waals surface area contributed by atoms with E-state index < -0.39 is 30.5 Å². The Morgan fingerprint density at radius 1 is 0.491 bits per heavy atom. The Labute approximate surface area is 325 Å². The summed E-state index contributed by atoms with van der Waals surface area (Å²) in [6.45, 7) is 4.21. The number of ether oxygens (including phenoxy) is 5. The van der Waals surface area contributed by atoms with Gasteiger partial charge in [0.1, 0.15) is 30.5 Å². The molecule has 1 aliphatic heterocycles. The first-order valence-electron chi connectivity index (χ1n) is 19.6. The van der Waals surface area contributed by atoms with Crippen molar-refractivity contribution < 1.29 is 23.7 Å². The van der Waals surface area contributed by atoms with Crippen molar-refractivity contribution in [1.29, 1.82) is 0 Å². The maximum absolute atomic E-state index is 7.23. The summed E-state index contributed by atoms with van der Waals surface area (Å²) in [5.41, 5.74) is 12.3. The molecule has 280 valence electrons. The molecule has 0 saturated carbocycles. The van der Waals surface area contributed by atoms with Crippen LogP contribution in [0.25, 0.3) is 0 Å². The molecule has 6 aromatic carbocycles. The quantitative estimate of drug-likeness (QED) is 0.0993. The summed E-state index contributed by atoms with van der Waals surface area (Å²) in [6.07, 6.45) is 0.892. The molecule has 0 spiro atoms. The van der Waals surface area contributed by atoms with Crippen LogP contribution < -0.4 is 0 Å². The minimum absolute atomic E-state index is 0.329. The fourth-order valence-electron chi connectivity index (χ4n) is 7.69. The van der Waals surface area contributed by atoms with Crippen LogP contribution in [0.4, 0.5) is 0 Å². The minimum Gasteiger partial charge on any atom is -0.374 e. The first-order valence-corrected chi connectivity index (χ1v) is 19.6. The summed E-state index contributed by atoms with van der Waals surface area (Å²) in [7, 11) is 0. The summed E-state index contributed by atoms with van der Waals surface area (Å²) in [6, 6.07) is 54.9. The van der Waals surface area contributed by atoms with E-state index in [1.807, 2.05) is 72.8 Å². The summed E-state index contributed by atoms with van der Waals surface area (Å²) < 4.78 is 34.6. The van der Waals surface area contributed by atoms with Gasteiger partial charge in [0.15, 0.2) is 0 Å². The molecule has 55 heavy (non-hydrogen) atoms. The van der Waals surface area contributed by atoms with Crippen molar-refractivity contribution in [3.05, 3.63) is 213 Å². The molecule has 1 fully saturated rings. The summed E-state index contributed by atoms with van der Waals surface area (Å²) in [5.74, 6) is 0. The summed E-state index contributed by atoms with van der Waals surface area (Å²) in [5, 5.41) is 0. The topological polar surface area (TPSA) is 46.2 Å². The zero-order valence-corrected chi connectivity index (χ0v) is 31.6. The van der Waals surface area contributed by atoms with Crippen LogP contribution in [0.1, 0.15) is 61.7 Å². The number of benzene rings is 6. The van der Waals surface area contributed by atoms with Crippen LogP contribution in [0.5, 0.6) is 0 Å². The summed E-state index contributed by atoms with van der Waals surface area (Å²) >= 11 is 0. The minimum atomic E-state index is -0.484. The van der Waals surface area contributed by atoms with Gasteiger partial charge in [-0.25, -0.2) is 0 Å². The molecule has 6 aromatic rings. The second-order valence-corrected chi connectivity index (χ2v) is 14.8. The Kier molecular flexibility index (Phi) is 12.2. The van der Waals surface area contributed by atoms with Crippen LogP contribution >= 0.6 is 0 Å². The second kappa shape index (κ2) is 18.2. The van der Waals surface area contributed by atoms with Gasteiger partial charge in [-0.2, -0.15) is 0 Å². The van der Waals surface area contributed by atoms with Crippen molar-refractivity contribution in [2.24, 2.45) is 0 Å². The molecule has 1 saturated heterocycles. The highest BCUT2D eigenvalue weighted by Crippen LogP contribution is 2.39. The van der Waals surface area contributed by atoms with E-state index in [0.29, 0.717) is 33.0 Å². The molecule has 0 N–H and O–H groups in total. The first-order chi connectivity index (χ1) is 27.2. The third-order valence-corrected chi connectivity index (χ3v) is 10.9. The third kappa shape index (κ3) is 9.50. The van der Waals surface area contributed by atoms with Gasteiger partial charge < -0.3 is 23.7 Å². The van der Waals surface area contributed by atoms with Crippen LogP contribution in [0.2, 0.25) is 0 Å². The molecule has 5 heteroatoms. The fourth-order valence-corrected chi connectivity index (χ4v) is 7.69. The highest BCUT2D eigenvalue weighted by molar-refractivity contribution is 5.42. The van der Waals surface area contributed by atoms with Gasteiger partial charge in [-0.3, -0.25) is 0 Å². The molecule has 0 aromatic heterocycles. The van der Waals surface area contributed by atoms with E-state index in [-0.39, 0.29) is 0 Å². The van der Waals surface area contributed by atoms with Crippen molar-refractivity contribution in [3.8, 4) is 0 Å². The van der Waals surface area contributed by atoms with E-state index in [4.69, 9.17) is 23.7 Å². The molecule has 1 aliphatic carbocycles. The average Bonchev–Trinajstić information content (AvgIpc) is 3.22. The van der Waals surface area contributed by atoms with Gasteiger partial charge in [-0.05, 0) is 81.8 Å². The average molecular weight is 731 g/mol.